The van der Waals surface area contributed by atoms with Gasteiger partial charge in [0.1, 0.15) is 12.1 Å². The smallest absolute Gasteiger partial charge is 0.252 e. The molecule has 136 valence electrons. The first kappa shape index (κ1) is 19.1. The lowest BCUT2D eigenvalue weighted by Gasteiger charge is -2.23. The van der Waals surface area contributed by atoms with Crippen molar-refractivity contribution in [3.63, 3.8) is 0 Å². The predicted octanol–water partition coefficient (Wildman–Crippen LogP) is 1.06. The molecule has 0 aliphatic rings. The summed E-state index contributed by atoms with van der Waals surface area (Å²) >= 11 is 0. The molecule has 0 saturated heterocycles. The third kappa shape index (κ3) is 5.36. The lowest BCUT2D eigenvalue weighted by Crippen LogP contribution is -2.38. The van der Waals surface area contributed by atoms with E-state index in [0.29, 0.717) is 30.9 Å². The van der Waals surface area contributed by atoms with Gasteiger partial charge in [-0.3, -0.25) is 9.36 Å². The maximum atomic E-state index is 12.1. The number of imidazole rings is 1. The Labute approximate surface area is 147 Å². The average Bonchev–Trinajstić information content (AvgIpc) is 3.07. The molecule has 0 bridgehead atoms. The van der Waals surface area contributed by atoms with E-state index in [-0.39, 0.29) is 11.9 Å². The normalized spacial score (nSPS) is 11.9. The van der Waals surface area contributed by atoms with Crippen LogP contribution >= 0.6 is 0 Å². The molecule has 1 N–H and O–H groups in total. The molecular weight excluding hydrogens is 342 g/mol. The maximum absolute atomic E-state index is 12.1. The van der Waals surface area contributed by atoms with Crippen LogP contribution in [0.3, 0.4) is 0 Å². The Bertz CT molecular complexity index is 786. The molecule has 0 radical (unpaired) electrons. The van der Waals surface area contributed by atoms with Gasteiger partial charge in [0.15, 0.2) is 0 Å². The molecule has 0 unspecified atom stereocenters. The van der Waals surface area contributed by atoms with Crippen molar-refractivity contribution >= 4 is 15.9 Å². The van der Waals surface area contributed by atoms with Crippen LogP contribution in [0.4, 0.5) is 0 Å². The van der Waals surface area contributed by atoms with Crippen LogP contribution in [0.1, 0.15) is 30.6 Å². The number of amides is 1. The molecule has 2 aromatic rings. The van der Waals surface area contributed by atoms with Gasteiger partial charge < -0.3 is 5.32 Å². The Kier molecular flexibility index (Phi) is 6.27. The Hall–Kier alpha value is -2.26. The van der Waals surface area contributed by atoms with Crippen LogP contribution in [0.25, 0.3) is 5.82 Å². The van der Waals surface area contributed by atoms with Crippen LogP contribution < -0.4 is 5.32 Å². The van der Waals surface area contributed by atoms with Crippen LogP contribution in [-0.4, -0.2) is 58.6 Å². The topological polar surface area (TPSA) is 97.2 Å². The zero-order chi connectivity index (χ0) is 18.4. The molecule has 0 saturated carbocycles. The van der Waals surface area contributed by atoms with Crippen molar-refractivity contribution in [2.45, 2.75) is 26.3 Å². The van der Waals surface area contributed by atoms with Crippen molar-refractivity contribution in [2.24, 2.45) is 0 Å². The molecular formula is C16H23N5O3S. The van der Waals surface area contributed by atoms with Gasteiger partial charge in [0.05, 0.1) is 11.8 Å². The lowest BCUT2D eigenvalue weighted by atomic mass is 10.2. The second-order valence-corrected chi connectivity index (χ2v) is 7.89. The van der Waals surface area contributed by atoms with Gasteiger partial charge in [-0.15, -0.1) is 0 Å². The number of sulfonamides is 1. The molecule has 2 aromatic heterocycles. The first-order valence-electron chi connectivity index (χ1n) is 7.98. The van der Waals surface area contributed by atoms with Crippen LogP contribution in [0.5, 0.6) is 0 Å². The molecule has 1 amide bonds. The summed E-state index contributed by atoms with van der Waals surface area (Å²) in [7, 11) is -3.24. The first-order chi connectivity index (χ1) is 11.8. The highest BCUT2D eigenvalue weighted by molar-refractivity contribution is 7.88. The zero-order valence-corrected chi connectivity index (χ0v) is 15.4. The van der Waals surface area contributed by atoms with Gasteiger partial charge in [-0.05, 0) is 32.4 Å². The van der Waals surface area contributed by atoms with Gasteiger partial charge >= 0.3 is 0 Å². The number of nitrogens with zero attached hydrogens (tertiary/aromatic N) is 4. The Balaban J connectivity index is 1.84. The maximum Gasteiger partial charge on any atom is 0.252 e. The van der Waals surface area contributed by atoms with Crippen LogP contribution in [0, 0.1) is 0 Å². The molecule has 2 rings (SSSR count). The highest BCUT2D eigenvalue weighted by Crippen LogP contribution is 2.07. The molecule has 0 aliphatic carbocycles. The number of hydrogen-bond acceptors (Lipinski definition) is 5. The summed E-state index contributed by atoms with van der Waals surface area (Å²) in [5.74, 6) is 0.440. The number of carbonyl (C=O) groups is 1. The van der Waals surface area contributed by atoms with Crippen molar-refractivity contribution in [1.82, 2.24) is 24.2 Å². The molecule has 0 atom stereocenters. The summed E-state index contributed by atoms with van der Waals surface area (Å²) in [4.78, 5) is 20.3. The third-order valence-electron chi connectivity index (χ3n) is 3.62. The first-order valence-corrected chi connectivity index (χ1v) is 9.83. The SMILES string of the molecule is CC(C)N(CCCNC(=O)c1ccc(-n2ccnc2)nc1)S(C)(=O)=O. The van der Waals surface area contributed by atoms with E-state index in [2.05, 4.69) is 15.3 Å². The highest BCUT2D eigenvalue weighted by Gasteiger charge is 2.19. The van der Waals surface area contributed by atoms with E-state index in [1.807, 2.05) is 13.8 Å². The van der Waals surface area contributed by atoms with E-state index >= 15 is 0 Å². The van der Waals surface area contributed by atoms with Gasteiger partial charge in [0, 0.05) is 37.7 Å². The Morgan fingerprint density at radius 3 is 2.64 bits per heavy atom. The van der Waals surface area contributed by atoms with Crippen molar-refractivity contribution in [2.75, 3.05) is 19.3 Å². The standard InChI is InChI=1S/C16H23N5O3S/c1-13(2)21(25(3,23)24)9-4-7-18-16(22)14-5-6-15(19-11-14)20-10-8-17-12-20/h5-6,8,10-13H,4,7,9H2,1-3H3,(H,18,22). The second-order valence-electron chi connectivity index (χ2n) is 5.95. The van der Waals surface area contributed by atoms with Gasteiger partial charge in [-0.2, -0.15) is 4.31 Å². The van der Waals surface area contributed by atoms with Crippen molar-refractivity contribution in [3.05, 3.63) is 42.6 Å². The van der Waals surface area contributed by atoms with E-state index in [9.17, 15) is 13.2 Å². The minimum absolute atomic E-state index is 0.106. The van der Waals surface area contributed by atoms with Crippen LogP contribution in [0.15, 0.2) is 37.1 Å². The van der Waals surface area contributed by atoms with Gasteiger partial charge in [-0.1, -0.05) is 0 Å². The summed E-state index contributed by atoms with van der Waals surface area (Å²) < 4.78 is 26.5. The van der Waals surface area contributed by atoms with Gasteiger partial charge in [0.25, 0.3) is 5.91 Å². The fraction of sp³-hybridized carbons (Fsp3) is 0.438. The quantitative estimate of drug-likeness (QED) is 0.706. The molecule has 25 heavy (non-hydrogen) atoms. The summed E-state index contributed by atoms with van der Waals surface area (Å²) in [5, 5.41) is 2.78. The fourth-order valence-corrected chi connectivity index (χ4v) is 3.64. The third-order valence-corrected chi connectivity index (χ3v) is 5.08. The van der Waals surface area contributed by atoms with Crippen molar-refractivity contribution in [3.8, 4) is 5.82 Å². The molecule has 0 aromatic carbocycles. The van der Waals surface area contributed by atoms with E-state index in [1.165, 1.54) is 16.8 Å². The lowest BCUT2D eigenvalue weighted by molar-refractivity contribution is 0.0952. The van der Waals surface area contributed by atoms with E-state index in [1.54, 1.807) is 35.4 Å². The average molecular weight is 365 g/mol. The number of rotatable bonds is 8. The molecule has 0 aliphatic heterocycles. The molecule has 8 nitrogen and oxygen atoms in total. The molecule has 0 spiro atoms. The minimum atomic E-state index is -3.24. The second kappa shape index (κ2) is 8.21. The fourth-order valence-electron chi connectivity index (χ4n) is 2.41. The van der Waals surface area contributed by atoms with E-state index in [0.717, 1.165) is 0 Å². The van der Waals surface area contributed by atoms with Crippen LogP contribution in [0.2, 0.25) is 0 Å². The van der Waals surface area contributed by atoms with Crippen molar-refractivity contribution < 1.29 is 13.2 Å². The number of nitrogens with one attached hydrogen (secondary N) is 1. The Morgan fingerprint density at radius 2 is 2.12 bits per heavy atom. The zero-order valence-electron chi connectivity index (χ0n) is 14.6. The monoisotopic (exact) mass is 365 g/mol. The Morgan fingerprint density at radius 1 is 1.36 bits per heavy atom. The van der Waals surface area contributed by atoms with E-state index in [4.69, 9.17) is 0 Å². The van der Waals surface area contributed by atoms with Gasteiger partial charge in [-0.25, -0.2) is 18.4 Å². The predicted molar refractivity (Wildman–Crippen MR) is 95.0 cm³/mol. The van der Waals surface area contributed by atoms with E-state index < -0.39 is 10.0 Å². The number of carbonyl (C=O) groups excluding carboxylic acids is 1. The summed E-state index contributed by atoms with van der Waals surface area (Å²) in [6.07, 6.45) is 8.28. The summed E-state index contributed by atoms with van der Waals surface area (Å²) in [6, 6.07) is 3.32. The largest absolute Gasteiger partial charge is 0.352 e. The van der Waals surface area contributed by atoms with Gasteiger partial charge in [0.2, 0.25) is 10.0 Å². The number of aromatic nitrogens is 3. The molecule has 9 heteroatoms. The van der Waals surface area contributed by atoms with Crippen LogP contribution in [-0.2, 0) is 10.0 Å². The number of hydrogen-bond donors (Lipinski definition) is 1. The highest BCUT2D eigenvalue weighted by atomic mass is 32.2. The minimum Gasteiger partial charge on any atom is -0.352 e. The molecule has 2 heterocycles. The summed E-state index contributed by atoms with van der Waals surface area (Å²) in [5.41, 5.74) is 0.452. The summed E-state index contributed by atoms with van der Waals surface area (Å²) in [6.45, 7) is 4.41. The molecule has 0 fully saturated rings. The van der Waals surface area contributed by atoms with Crippen molar-refractivity contribution in [1.29, 1.82) is 0 Å². The number of pyridine rings is 1.